The van der Waals surface area contributed by atoms with Crippen LogP contribution in [-0.2, 0) is 9.59 Å². The minimum Gasteiger partial charge on any atom is -0.550 e. The summed E-state index contributed by atoms with van der Waals surface area (Å²) in [5, 5.41) is 21.8. The van der Waals surface area contributed by atoms with Gasteiger partial charge in [-0.25, -0.2) is 0 Å². The largest absolute Gasteiger partial charge is 0.550 e. The Morgan fingerprint density at radius 3 is 1.93 bits per heavy atom. The number of hydrogen-bond acceptors (Lipinski definition) is 4. The van der Waals surface area contributed by atoms with Crippen LogP contribution in [0.25, 0.3) is 0 Å². The monoisotopic (exact) mass is 198 g/mol. The summed E-state index contributed by atoms with van der Waals surface area (Å²) in [6.07, 6.45) is 0.681. The first-order valence-corrected chi connectivity index (χ1v) is 4.66. The first-order chi connectivity index (χ1) is 6.23. The highest BCUT2D eigenvalue weighted by Crippen LogP contribution is 2.55. The van der Waals surface area contributed by atoms with Crippen molar-refractivity contribution >= 4 is 11.9 Å². The summed E-state index contributed by atoms with van der Waals surface area (Å²) >= 11 is 0. The van der Waals surface area contributed by atoms with Gasteiger partial charge in [0.1, 0.15) is 0 Å². The molecule has 1 aliphatic carbocycles. The zero-order valence-corrected chi connectivity index (χ0v) is 8.62. The fourth-order valence-corrected chi connectivity index (χ4v) is 2.28. The Morgan fingerprint density at radius 2 is 1.71 bits per heavy atom. The van der Waals surface area contributed by atoms with E-state index < -0.39 is 28.7 Å². The summed E-state index contributed by atoms with van der Waals surface area (Å²) in [6, 6.07) is 0. The molecule has 1 rings (SSSR count). The lowest BCUT2D eigenvalue weighted by Gasteiger charge is -2.42. The lowest BCUT2D eigenvalue weighted by Crippen LogP contribution is -2.50. The second-order valence-electron chi connectivity index (χ2n) is 4.75. The molecule has 0 radical (unpaired) electrons. The van der Waals surface area contributed by atoms with Gasteiger partial charge in [-0.15, -0.1) is 0 Å². The van der Waals surface area contributed by atoms with Gasteiger partial charge in [0, 0.05) is 23.3 Å². The average molecular weight is 198 g/mol. The summed E-state index contributed by atoms with van der Waals surface area (Å²) in [7, 11) is 0. The van der Waals surface area contributed by atoms with Crippen LogP contribution in [0.2, 0.25) is 0 Å². The van der Waals surface area contributed by atoms with Crippen LogP contribution in [0.3, 0.4) is 0 Å². The number of carbonyl (C=O) groups is 2. The van der Waals surface area contributed by atoms with E-state index in [9.17, 15) is 19.8 Å². The van der Waals surface area contributed by atoms with Crippen molar-refractivity contribution in [2.45, 2.75) is 33.6 Å². The van der Waals surface area contributed by atoms with Crippen LogP contribution in [0, 0.1) is 16.7 Å². The van der Waals surface area contributed by atoms with E-state index in [2.05, 4.69) is 0 Å². The summed E-state index contributed by atoms with van der Waals surface area (Å²) < 4.78 is 0. The molecule has 0 aromatic rings. The Morgan fingerprint density at radius 1 is 1.21 bits per heavy atom. The molecule has 2 atom stereocenters. The van der Waals surface area contributed by atoms with E-state index >= 15 is 0 Å². The third kappa shape index (κ3) is 1.21. The van der Waals surface area contributed by atoms with Crippen LogP contribution in [0.1, 0.15) is 33.6 Å². The molecule has 14 heavy (non-hydrogen) atoms. The van der Waals surface area contributed by atoms with Crippen molar-refractivity contribution in [1.29, 1.82) is 0 Å². The second-order valence-corrected chi connectivity index (χ2v) is 4.75. The van der Waals surface area contributed by atoms with E-state index in [0.717, 1.165) is 0 Å². The SMILES string of the molecule is CC1(C)[C@H](C(=O)[O-])CC[C@]1(C)C(=O)[O-]. The molecule has 1 aliphatic rings. The van der Waals surface area contributed by atoms with Crippen LogP contribution >= 0.6 is 0 Å². The first kappa shape index (κ1) is 11.0. The van der Waals surface area contributed by atoms with E-state index in [1.807, 2.05) is 0 Å². The summed E-state index contributed by atoms with van der Waals surface area (Å²) in [5.74, 6) is -3.04. The minimum absolute atomic E-state index is 0.334. The lowest BCUT2D eigenvalue weighted by atomic mass is 9.66. The van der Waals surface area contributed by atoms with Gasteiger partial charge in [0.25, 0.3) is 0 Å². The third-order valence-corrected chi connectivity index (χ3v) is 3.96. The minimum atomic E-state index is -1.17. The van der Waals surface area contributed by atoms with E-state index in [4.69, 9.17) is 0 Å². The molecule has 0 saturated heterocycles. The zero-order chi connectivity index (χ0) is 11.1. The topological polar surface area (TPSA) is 80.3 Å². The molecule has 0 aromatic carbocycles. The van der Waals surface area contributed by atoms with Crippen molar-refractivity contribution in [3.63, 3.8) is 0 Å². The molecular formula is C10H14O4-2. The molecular weight excluding hydrogens is 184 g/mol. The van der Waals surface area contributed by atoms with Crippen molar-refractivity contribution in [3.8, 4) is 0 Å². The molecule has 0 amide bonds. The van der Waals surface area contributed by atoms with Crippen LogP contribution in [-0.4, -0.2) is 11.9 Å². The van der Waals surface area contributed by atoms with Crippen molar-refractivity contribution in [1.82, 2.24) is 0 Å². The van der Waals surface area contributed by atoms with E-state index in [1.165, 1.54) is 0 Å². The second kappa shape index (κ2) is 2.97. The summed E-state index contributed by atoms with van der Waals surface area (Å²) in [5.41, 5.74) is -1.89. The summed E-state index contributed by atoms with van der Waals surface area (Å²) in [6.45, 7) is 4.85. The fraction of sp³-hybridized carbons (Fsp3) is 0.800. The number of carbonyl (C=O) groups excluding carboxylic acids is 2. The molecule has 4 heteroatoms. The molecule has 0 heterocycles. The highest BCUT2D eigenvalue weighted by Gasteiger charge is 2.52. The van der Waals surface area contributed by atoms with E-state index in [-0.39, 0.29) is 0 Å². The van der Waals surface area contributed by atoms with Gasteiger partial charge in [0.15, 0.2) is 0 Å². The van der Waals surface area contributed by atoms with Crippen molar-refractivity contribution in [2.24, 2.45) is 16.7 Å². The lowest BCUT2D eigenvalue weighted by molar-refractivity contribution is -0.326. The van der Waals surface area contributed by atoms with Gasteiger partial charge < -0.3 is 19.8 Å². The quantitative estimate of drug-likeness (QED) is 0.565. The number of aliphatic carboxylic acids is 2. The highest BCUT2D eigenvalue weighted by molar-refractivity contribution is 5.78. The Hall–Kier alpha value is -1.06. The maximum atomic E-state index is 11.0. The zero-order valence-electron chi connectivity index (χ0n) is 8.62. The van der Waals surface area contributed by atoms with E-state index in [1.54, 1.807) is 20.8 Å². The number of carboxylic acid groups (broad SMARTS) is 2. The smallest absolute Gasteiger partial charge is 0.0479 e. The molecule has 1 fully saturated rings. The molecule has 0 N–H and O–H groups in total. The predicted octanol–water partition coefficient (Wildman–Crippen LogP) is -1.07. The maximum absolute atomic E-state index is 11.0. The van der Waals surface area contributed by atoms with Gasteiger partial charge in [-0.1, -0.05) is 20.8 Å². The maximum Gasteiger partial charge on any atom is 0.0479 e. The highest BCUT2D eigenvalue weighted by atomic mass is 16.4. The number of carboxylic acids is 2. The molecule has 4 nitrogen and oxygen atoms in total. The van der Waals surface area contributed by atoms with Gasteiger partial charge in [0.05, 0.1) is 0 Å². The van der Waals surface area contributed by atoms with Crippen molar-refractivity contribution in [2.75, 3.05) is 0 Å². The Bertz CT molecular complexity index is 282. The molecule has 1 saturated carbocycles. The van der Waals surface area contributed by atoms with E-state index in [0.29, 0.717) is 12.8 Å². The third-order valence-electron chi connectivity index (χ3n) is 3.96. The van der Waals surface area contributed by atoms with Crippen molar-refractivity contribution < 1.29 is 19.8 Å². The standard InChI is InChI=1S/C10H16O4/c1-9(2)6(7(11)12)4-5-10(9,3)8(13)14/h6H,4-5H2,1-3H3,(H,11,12)(H,13,14)/p-2/t6-,10+/m0/s1. The molecule has 80 valence electrons. The average Bonchev–Trinajstić information content (AvgIpc) is 2.24. The number of rotatable bonds is 2. The van der Waals surface area contributed by atoms with Gasteiger partial charge in [-0.05, 0) is 18.3 Å². The molecule has 0 aromatic heterocycles. The first-order valence-electron chi connectivity index (χ1n) is 4.66. The van der Waals surface area contributed by atoms with Gasteiger partial charge in [-0.3, -0.25) is 0 Å². The van der Waals surface area contributed by atoms with Crippen LogP contribution in [0.15, 0.2) is 0 Å². The molecule has 0 bridgehead atoms. The van der Waals surface area contributed by atoms with Crippen LogP contribution in [0.5, 0.6) is 0 Å². The molecule has 0 aliphatic heterocycles. The predicted molar refractivity (Wildman–Crippen MR) is 44.6 cm³/mol. The van der Waals surface area contributed by atoms with Gasteiger partial charge >= 0.3 is 0 Å². The Kier molecular flexibility index (Phi) is 2.34. The Labute approximate surface area is 82.9 Å². The van der Waals surface area contributed by atoms with Gasteiger partial charge in [-0.2, -0.15) is 0 Å². The number of hydrogen-bond donors (Lipinski definition) is 0. The fourth-order valence-electron chi connectivity index (χ4n) is 2.28. The van der Waals surface area contributed by atoms with Crippen LogP contribution < -0.4 is 10.2 Å². The van der Waals surface area contributed by atoms with Crippen LogP contribution in [0.4, 0.5) is 0 Å². The summed E-state index contributed by atoms with van der Waals surface area (Å²) in [4.78, 5) is 21.8. The molecule has 0 spiro atoms. The Balaban J connectivity index is 3.08. The van der Waals surface area contributed by atoms with Gasteiger partial charge in [0.2, 0.25) is 0 Å². The van der Waals surface area contributed by atoms with Crippen molar-refractivity contribution in [3.05, 3.63) is 0 Å². The molecule has 0 unspecified atom stereocenters. The normalized spacial score (nSPS) is 35.5.